The van der Waals surface area contributed by atoms with E-state index in [0.717, 1.165) is 26.2 Å². The molecule has 1 aliphatic heterocycles. The van der Waals surface area contributed by atoms with Crippen molar-refractivity contribution in [2.24, 2.45) is 0 Å². The van der Waals surface area contributed by atoms with Gasteiger partial charge >= 0.3 is 18.3 Å². The lowest BCUT2D eigenvalue weighted by atomic mass is 10.0. The van der Waals surface area contributed by atoms with E-state index < -0.39 is 29.4 Å². The van der Waals surface area contributed by atoms with E-state index >= 15 is 0 Å². The molecule has 0 saturated carbocycles. The van der Waals surface area contributed by atoms with Crippen molar-refractivity contribution < 1.29 is 41.0 Å². The van der Waals surface area contributed by atoms with Crippen LogP contribution in [0.4, 0.5) is 32.3 Å². The molecule has 14 heteroatoms. The molecule has 3 aromatic rings. The molecule has 0 atom stereocenters. The normalized spacial score (nSPS) is 14.3. The van der Waals surface area contributed by atoms with Gasteiger partial charge in [0.15, 0.2) is 0 Å². The van der Waals surface area contributed by atoms with Crippen molar-refractivity contribution in [3.63, 3.8) is 0 Å². The van der Waals surface area contributed by atoms with Crippen LogP contribution in [0.1, 0.15) is 27.0 Å². The Morgan fingerprint density at radius 1 is 1.00 bits per heavy atom. The summed E-state index contributed by atoms with van der Waals surface area (Å²) in [7, 11) is 4.95. The molecule has 0 amide bonds. The van der Waals surface area contributed by atoms with E-state index in [4.69, 9.17) is 4.74 Å². The Labute approximate surface area is 232 Å². The van der Waals surface area contributed by atoms with E-state index in [2.05, 4.69) is 32.1 Å². The largest absolute Gasteiger partial charge is 0.661 e. The summed E-state index contributed by atoms with van der Waals surface area (Å²) in [4.78, 5) is 24.7. The molecule has 2 aromatic carbocycles. The lowest BCUT2D eigenvalue weighted by molar-refractivity contribution is -0.143. The Morgan fingerprint density at radius 3 is 2.10 bits per heavy atom. The summed E-state index contributed by atoms with van der Waals surface area (Å²) < 4.78 is 79.6. The second kappa shape index (κ2) is 13.2. The number of methoxy groups -OCH3 is 1. The maximum atomic E-state index is 12.4. The first-order valence-corrected chi connectivity index (χ1v) is 12.3. The third-order valence-electron chi connectivity index (χ3n) is 6.14. The first-order valence-electron chi connectivity index (χ1n) is 12.3. The van der Waals surface area contributed by atoms with Gasteiger partial charge in [-0.15, -0.1) is 6.54 Å². The third kappa shape index (κ3) is 8.30. The van der Waals surface area contributed by atoms with Gasteiger partial charge in [-0.25, -0.2) is 14.8 Å². The van der Waals surface area contributed by atoms with Gasteiger partial charge in [-0.2, -0.15) is 33.4 Å². The molecule has 1 saturated heterocycles. The minimum atomic E-state index is -4.80. The summed E-state index contributed by atoms with van der Waals surface area (Å²) in [6, 6.07) is 8.70. The molecule has 222 valence electrons. The van der Waals surface area contributed by atoms with E-state index in [0.29, 0.717) is 35.1 Å². The molecular formula is C27H28F6N5O3-. The Bertz CT molecular complexity index is 1310. The molecule has 2 heterocycles. The average molecular weight is 585 g/mol. The first kappa shape index (κ1) is 31.6. The highest BCUT2D eigenvalue weighted by molar-refractivity contribution is 5.95. The molecule has 1 fully saturated rings. The van der Waals surface area contributed by atoms with Crippen molar-refractivity contribution in [3.05, 3.63) is 76.2 Å². The predicted octanol–water partition coefficient (Wildman–Crippen LogP) is 5.83. The molecule has 1 aliphatic rings. The number of alkyl halides is 6. The summed E-state index contributed by atoms with van der Waals surface area (Å²) in [5.41, 5.74) is -1.65. The molecule has 0 bridgehead atoms. The number of aromatic nitrogens is 2. The number of anilines is 1. The number of nitrogens with zero attached hydrogens (tertiary/aromatic N) is 5. The zero-order valence-electron chi connectivity index (χ0n) is 22.4. The monoisotopic (exact) mass is 584 g/mol. The minimum Gasteiger partial charge on any atom is -0.661 e. The quantitative estimate of drug-likeness (QED) is 0.365. The number of halogens is 6. The van der Waals surface area contributed by atoms with Crippen molar-refractivity contribution in [2.75, 3.05) is 52.3 Å². The van der Waals surface area contributed by atoms with Crippen molar-refractivity contribution in [1.29, 1.82) is 0 Å². The fourth-order valence-electron chi connectivity index (χ4n) is 4.03. The number of rotatable bonds is 6. The van der Waals surface area contributed by atoms with Crippen LogP contribution in [-0.4, -0.2) is 73.3 Å². The summed E-state index contributed by atoms with van der Waals surface area (Å²) in [6.07, 6.45) is -8.22. The van der Waals surface area contributed by atoms with Crippen LogP contribution >= 0.6 is 0 Å². The van der Waals surface area contributed by atoms with E-state index in [1.54, 1.807) is 19.2 Å². The highest BCUT2D eigenvalue weighted by Crippen LogP contribution is 2.36. The number of hydrogen-bond donors (Lipinski definition) is 1. The Balaban J connectivity index is 0.000000241. The zero-order chi connectivity index (χ0) is 30.4. The predicted molar refractivity (Wildman–Crippen MR) is 140 cm³/mol. The molecule has 1 N–H and O–H groups in total. The van der Waals surface area contributed by atoms with Crippen LogP contribution in [0.15, 0.2) is 48.7 Å². The van der Waals surface area contributed by atoms with Crippen LogP contribution in [0.3, 0.4) is 0 Å². The number of carboxylic acids is 1. The highest BCUT2D eigenvalue weighted by Gasteiger charge is 2.36. The lowest BCUT2D eigenvalue weighted by Gasteiger charge is -2.32. The summed E-state index contributed by atoms with van der Waals surface area (Å²) in [6.45, 7) is 3.29. The number of hydrogen-bond acceptors (Lipinski definition) is 6. The Kier molecular flexibility index (Phi) is 10.2. The van der Waals surface area contributed by atoms with Gasteiger partial charge in [0.25, 0.3) is 0 Å². The zero-order valence-corrected chi connectivity index (χ0v) is 22.4. The molecule has 0 spiro atoms. The highest BCUT2D eigenvalue weighted by atomic mass is 19.4. The van der Waals surface area contributed by atoms with Crippen molar-refractivity contribution in [3.8, 4) is 17.0 Å². The van der Waals surface area contributed by atoms with Gasteiger partial charge in [0, 0.05) is 37.9 Å². The second-order valence-corrected chi connectivity index (χ2v) is 9.12. The summed E-state index contributed by atoms with van der Waals surface area (Å²) in [5.74, 6) is 0.0814. The average Bonchev–Trinajstić information content (AvgIpc) is 2.92. The van der Waals surface area contributed by atoms with Crippen LogP contribution in [-0.2, 0) is 18.9 Å². The maximum Gasteiger partial charge on any atom is 0.416 e. The summed E-state index contributed by atoms with van der Waals surface area (Å²) >= 11 is 0. The number of ether oxygens (including phenoxy) is 1. The van der Waals surface area contributed by atoms with Gasteiger partial charge in [-0.05, 0) is 37.4 Å². The molecule has 4 rings (SSSR count). The van der Waals surface area contributed by atoms with Crippen molar-refractivity contribution in [1.82, 2.24) is 14.9 Å². The summed E-state index contributed by atoms with van der Waals surface area (Å²) in [5, 5.41) is 13.0. The van der Waals surface area contributed by atoms with Gasteiger partial charge in [-0.3, -0.25) is 0 Å². The topological polar surface area (TPSA) is 92.9 Å². The van der Waals surface area contributed by atoms with E-state index in [1.807, 2.05) is 12.1 Å². The van der Waals surface area contributed by atoms with Crippen LogP contribution in [0, 0.1) is 0 Å². The molecular weight excluding hydrogens is 556 g/mol. The smallest absolute Gasteiger partial charge is 0.416 e. The van der Waals surface area contributed by atoms with Gasteiger partial charge in [-0.1, -0.05) is 17.7 Å². The number of aromatic carboxylic acids is 1. The van der Waals surface area contributed by atoms with Crippen molar-refractivity contribution in [2.45, 2.75) is 18.9 Å². The SMILES string of the molecule is COc1ccccc1-c1nc(N2CCN(C)CC2)ncc1C(=O)O.C[N-]Cc1cc(C(F)(F)F)cc(C(F)(F)F)c1. The molecule has 0 unspecified atom stereocenters. The van der Waals surface area contributed by atoms with Crippen LogP contribution in [0.5, 0.6) is 5.75 Å². The number of likely N-dealkylation sites (N-methyl/N-ethyl adjacent to an activating group) is 1. The van der Waals surface area contributed by atoms with E-state index in [1.165, 1.54) is 13.2 Å². The second-order valence-electron chi connectivity index (χ2n) is 9.12. The fourth-order valence-corrected chi connectivity index (χ4v) is 4.03. The molecule has 0 aliphatic carbocycles. The number of para-hydroxylation sites is 1. The molecule has 0 radical (unpaired) electrons. The Hall–Kier alpha value is -3.91. The Morgan fingerprint density at radius 2 is 1.59 bits per heavy atom. The third-order valence-corrected chi connectivity index (χ3v) is 6.14. The van der Waals surface area contributed by atoms with Gasteiger partial charge in [0.05, 0.1) is 23.9 Å². The van der Waals surface area contributed by atoms with Gasteiger partial charge in [0.2, 0.25) is 5.95 Å². The van der Waals surface area contributed by atoms with Crippen LogP contribution in [0.2, 0.25) is 0 Å². The number of carbonyl (C=O) groups is 1. The van der Waals surface area contributed by atoms with Gasteiger partial charge < -0.3 is 25.0 Å². The van der Waals surface area contributed by atoms with Gasteiger partial charge in [0.1, 0.15) is 11.3 Å². The molecule has 1 aromatic heterocycles. The first-order chi connectivity index (χ1) is 19.2. The maximum absolute atomic E-state index is 12.4. The number of piperazine rings is 1. The molecule has 8 nitrogen and oxygen atoms in total. The number of carboxylic acid groups (broad SMARTS) is 1. The standard InChI is InChI=1S/C17H20N4O3.C10H8F6N/c1-20-7-9-21(10-8-20)17-18-11-13(16(22)23)15(19-17)12-5-3-4-6-14(12)24-2;1-17-5-6-2-7(9(11,12)13)4-8(3-6)10(14,15)16/h3-6,11H,7-10H2,1-2H3,(H,22,23);2-4H,5H2,1H3/q;-1. The lowest BCUT2D eigenvalue weighted by Crippen LogP contribution is -2.45. The fraction of sp³-hybridized carbons (Fsp3) is 0.370. The molecule has 41 heavy (non-hydrogen) atoms. The number of benzene rings is 2. The van der Waals surface area contributed by atoms with E-state index in [-0.39, 0.29) is 23.7 Å². The minimum absolute atomic E-state index is 0.0670. The van der Waals surface area contributed by atoms with E-state index in [9.17, 15) is 36.2 Å². The van der Waals surface area contributed by atoms with Crippen LogP contribution < -0.4 is 9.64 Å². The van der Waals surface area contributed by atoms with Crippen molar-refractivity contribution >= 4 is 11.9 Å². The van der Waals surface area contributed by atoms with Crippen LogP contribution in [0.25, 0.3) is 16.6 Å².